The molecule has 1 heterocycles. The van der Waals surface area contributed by atoms with E-state index in [-0.39, 0.29) is 35.8 Å². The van der Waals surface area contributed by atoms with E-state index >= 15 is 0 Å². The SMILES string of the molecule is CCNC(=NCCCCN1CCC(C(N)=O)CC1)N(C)Cc1ccccc1Cl.I. The number of aliphatic imine (C=N–C) groups is 1. The Labute approximate surface area is 197 Å². The molecule has 1 fully saturated rings. The van der Waals surface area contributed by atoms with Crippen LogP contribution in [0.2, 0.25) is 5.02 Å². The first-order chi connectivity index (χ1) is 13.5. The minimum atomic E-state index is -0.147. The molecule has 1 aromatic rings. The number of rotatable bonds is 9. The lowest BCUT2D eigenvalue weighted by molar-refractivity contribution is -0.123. The van der Waals surface area contributed by atoms with Gasteiger partial charge in [0.1, 0.15) is 0 Å². The van der Waals surface area contributed by atoms with Gasteiger partial charge in [-0.25, -0.2) is 0 Å². The molecule has 0 spiro atoms. The quantitative estimate of drug-likeness (QED) is 0.220. The molecule has 1 aliphatic rings. The second-order valence-electron chi connectivity index (χ2n) is 7.41. The second kappa shape index (κ2) is 14.0. The Morgan fingerprint density at radius 3 is 2.62 bits per heavy atom. The van der Waals surface area contributed by atoms with E-state index in [4.69, 9.17) is 22.3 Å². The molecular formula is C21H35ClIN5O. The molecule has 0 saturated carbocycles. The number of hydrogen-bond acceptors (Lipinski definition) is 3. The van der Waals surface area contributed by atoms with Crippen LogP contribution in [0.15, 0.2) is 29.3 Å². The van der Waals surface area contributed by atoms with Gasteiger partial charge < -0.3 is 20.9 Å². The molecule has 1 aromatic carbocycles. The summed E-state index contributed by atoms with van der Waals surface area (Å²) in [5.41, 5.74) is 6.49. The molecule has 0 atom stereocenters. The summed E-state index contributed by atoms with van der Waals surface area (Å²) in [6, 6.07) is 7.91. The summed E-state index contributed by atoms with van der Waals surface area (Å²) in [4.78, 5) is 20.5. The molecule has 164 valence electrons. The van der Waals surface area contributed by atoms with Crippen molar-refractivity contribution in [1.29, 1.82) is 0 Å². The van der Waals surface area contributed by atoms with Crippen LogP contribution in [-0.4, -0.2) is 61.4 Å². The van der Waals surface area contributed by atoms with Gasteiger partial charge in [-0.05, 0) is 63.9 Å². The van der Waals surface area contributed by atoms with E-state index in [1.54, 1.807) is 0 Å². The fraction of sp³-hybridized carbons (Fsp3) is 0.619. The van der Waals surface area contributed by atoms with Gasteiger partial charge >= 0.3 is 0 Å². The largest absolute Gasteiger partial charge is 0.369 e. The van der Waals surface area contributed by atoms with Crippen molar-refractivity contribution in [3.8, 4) is 0 Å². The van der Waals surface area contributed by atoms with E-state index in [2.05, 4.69) is 22.0 Å². The maximum atomic E-state index is 11.2. The van der Waals surface area contributed by atoms with E-state index in [9.17, 15) is 4.79 Å². The van der Waals surface area contributed by atoms with Crippen molar-refractivity contribution in [2.75, 3.05) is 39.8 Å². The van der Waals surface area contributed by atoms with Crippen LogP contribution in [0.4, 0.5) is 0 Å². The highest BCUT2D eigenvalue weighted by atomic mass is 127. The minimum absolute atomic E-state index is 0. The molecule has 8 heteroatoms. The summed E-state index contributed by atoms with van der Waals surface area (Å²) in [7, 11) is 2.04. The third-order valence-electron chi connectivity index (χ3n) is 5.20. The number of halogens is 2. The molecule has 29 heavy (non-hydrogen) atoms. The molecular weight excluding hydrogens is 501 g/mol. The molecule has 0 bridgehead atoms. The monoisotopic (exact) mass is 535 g/mol. The molecule has 0 aromatic heterocycles. The number of nitrogens with zero attached hydrogens (tertiary/aromatic N) is 3. The number of carbonyl (C=O) groups is 1. The molecule has 1 saturated heterocycles. The zero-order valence-electron chi connectivity index (χ0n) is 17.6. The number of guanidine groups is 1. The van der Waals surface area contributed by atoms with Crippen molar-refractivity contribution in [2.24, 2.45) is 16.6 Å². The van der Waals surface area contributed by atoms with Crippen molar-refractivity contribution in [2.45, 2.75) is 39.2 Å². The number of carbonyl (C=O) groups excluding carboxylic acids is 1. The first-order valence-electron chi connectivity index (χ1n) is 10.3. The molecule has 3 N–H and O–H groups in total. The van der Waals surface area contributed by atoms with E-state index in [1.807, 2.05) is 31.3 Å². The summed E-state index contributed by atoms with van der Waals surface area (Å²) >= 11 is 6.28. The number of likely N-dealkylation sites (tertiary alicyclic amines) is 1. The van der Waals surface area contributed by atoms with Crippen molar-refractivity contribution in [3.05, 3.63) is 34.9 Å². The van der Waals surface area contributed by atoms with Crippen LogP contribution in [0, 0.1) is 5.92 Å². The average molecular weight is 536 g/mol. The standard InChI is InChI=1S/C21H34ClN5O.HI/c1-3-24-21(26(2)16-18-8-4-5-9-19(18)22)25-12-6-7-13-27-14-10-17(11-15-27)20(23)28;/h4-5,8-9,17H,3,6-7,10-16H2,1-2H3,(H2,23,28)(H,24,25);1H. The fourth-order valence-corrected chi connectivity index (χ4v) is 3.70. The molecule has 2 rings (SSSR count). The van der Waals surface area contributed by atoms with Gasteiger partial charge in [-0.3, -0.25) is 9.79 Å². The average Bonchev–Trinajstić information content (AvgIpc) is 2.69. The van der Waals surface area contributed by atoms with Gasteiger partial charge in [0.25, 0.3) is 0 Å². The van der Waals surface area contributed by atoms with E-state index in [0.717, 1.165) is 81.5 Å². The molecule has 1 aliphatic heterocycles. The van der Waals surface area contributed by atoms with Gasteiger partial charge in [-0.2, -0.15) is 0 Å². The Morgan fingerprint density at radius 1 is 1.31 bits per heavy atom. The highest BCUT2D eigenvalue weighted by Gasteiger charge is 2.22. The van der Waals surface area contributed by atoms with Gasteiger partial charge in [0.05, 0.1) is 0 Å². The number of nitrogens with two attached hydrogens (primary N) is 1. The maximum absolute atomic E-state index is 11.2. The van der Waals surface area contributed by atoms with Crippen LogP contribution < -0.4 is 11.1 Å². The van der Waals surface area contributed by atoms with Crippen LogP contribution in [0.1, 0.15) is 38.2 Å². The van der Waals surface area contributed by atoms with Crippen molar-refractivity contribution < 1.29 is 4.79 Å². The second-order valence-corrected chi connectivity index (χ2v) is 7.82. The summed E-state index contributed by atoms with van der Waals surface area (Å²) in [5.74, 6) is 0.827. The third-order valence-corrected chi connectivity index (χ3v) is 5.56. The number of nitrogens with one attached hydrogen (secondary N) is 1. The van der Waals surface area contributed by atoms with Crippen molar-refractivity contribution in [3.63, 3.8) is 0 Å². The van der Waals surface area contributed by atoms with E-state index in [0.29, 0.717) is 0 Å². The van der Waals surface area contributed by atoms with E-state index < -0.39 is 0 Å². The first-order valence-corrected chi connectivity index (χ1v) is 10.6. The highest BCUT2D eigenvalue weighted by molar-refractivity contribution is 14.0. The van der Waals surface area contributed by atoms with Crippen LogP contribution in [0.5, 0.6) is 0 Å². The van der Waals surface area contributed by atoms with Gasteiger partial charge in [-0.1, -0.05) is 29.8 Å². The van der Waals surface area contributed by atoms with Gasteiger partial charge in [-0.15, -0.1) is 24.0 Å². The zero-order valence-corrected chi connectivity index (χ0v) is 20.7. The lowest BCUT2D eigenvalue weighted by Gasteiger charge is -2.30. The summed E-state index contributed by atoms with van der Waals surface area (Å²) < 4.78 is 0. The number of unbranched alkanes of at least 4 members (excludes halogenated alkanes) is 1. The molecule has 0 unspecified atom stereocenters. The first kappa shape index (κ1) is 26.0. The van der Waals surface area contributed by atoms with Crippen LogP contribution >= 0.6 is 35.6 Å². The fourth-order valence-electron chi connectivity index (χ4n) is 3.50. The predicted octanol–water partition coefficient (Wildman–Crippen LogP) is 3.33. The number of piperidine rings is 1. The number of hydrogen-bond donors (Lipinski definition) is 2. The molecule has 1 amide bonds. The summed E-state index contributed by atoms with van der Waals surface area (Å²) in [6.45, 7) is 7.44. The molecule has 6 nitrogen and oxygen atoms in total. The Balaban J connectivity index is 0.00000420. The van der Waals surface area contributed by atoms with Crippen LogP contribution in [0.3, 0.4) is 0 Å². The molecule has 0 aliphatic carbocycles. The van der Waals surface area contributed by atoms with E-state index in [1.165, 1.54) is 0 Å². The highest BCUT2D eigenvalue weighted by Crippen LogP contribution is 2.17. The number of primary amides is 1. The Bertz CT molecular complexity index is 650. The van der Waals surface area contributed by atoms with Gasteiger partial charge in [0.15, 0.2) is 5.96 Å². The number of benzene rings is 1. The maximum Gasteiger partial charge on any atom is 0.220 e. The lowest BCUT2D eigenvalue weighted by atomic mass is 9.96. The normalized spacial score (nSPS) is 15.6. The van der Waals surface area contributed by atoms with Crippen LogP contribution in [0.25, 0.3) is 0 Å². The Morgan fingerprint density at radius 2 is 2.00 bits per heavy atom. The molecule has 0 radical (unpaired) electrons. The topological polar surface area (TPSA) is 74.0 Å². The van der Waals surface area contributed by atoms with Crippen molar-refractivity contribution >= 4 is 47.4 Å². The Hall–Kier alpha value is -1.06. The number of amides is 1. The van der Waals surface area contributed by atoms with Gasteiger partial charge in [0, 0.05) is 37.6 Å². The summed E-state index contributed by atoms with van der Waals surface area (Å²) in [5, 5.41) is 4.14. The summed E-state index contributed by atoms with van der Waals surface area (Å²) in [6.07, 6.45) is 3.94. The Kier molecular flexibility index (Phi) is 12.6. The zero-order chi connectivity index (χ0) is 20.4. The smallest absolute Gasteiger partial charge is 0.220 e. The van der Waals surface area contributed by atoms with Crippen molar-refractivity contribution in [1.82, 2.24) is 15.1 Å². The third kappa shape index (κ3) is 9.09. The lowest BCUT2D eigenvalue weighted by Crippen LogP contribution is -2.39. The minimum Gasteiger partial charge on any atom is -0.369 e. The predicted molar refractivity (Wildman–Crippen MR) is 132 cm³/mol. The van der Waals surface area contributed by atoms with Gasteiger partial charge in [0.2, 0.25) is 5.91 Å². The van der Waals surface area contributed by atoms with Crippen LogP contribution in [-0.2, 0) is 11.3 Å².